The summed E-state index contributed by atoms with van der Waals surface area (Å²) in [6.45, 7) is 1.95. The van der Waals surface area contributed by atoms with Gasteiger partial charge in [-0.2, -0.15) is 0 Å². The number of halogens is 1. The third kappa shape index (κ3) is 2.30. The van der Waals surface area contributed by atoms with Crippen LogP contribution in [-0.4, -0.2) is 17.1 Å². The standard InChI is InChI=1S/C12H14ClNO2/c1-7-2-3-9(6-11(7)13)14-10-4-8(5-10)12(15)16/h2-3,6,8,10,14H,4-5H2,1H3,(H,15,16). The van der Waals surface area contributed by atoms with Crippen LogP contribution < -0.4 is 5.32 Å². The van der Waals surface area contributed by atoms with Crippen molar-refractivity contribution in [2.75, 3.05) is 5.32 Å². The van der Waals surface area contributed by atoms with Gasteiger partial charge in [0, 0.05) is 16.8 Å². The summed E-state index contributed by atoms with van der Waals surface area (Å²) in [7, 11) is 0. The quantitative estimate of drug-likeness (QED) is 0.853. The lowest BCUT2D eigenvalue weighted by atomic mass is 9.80. The lowest BCUT2D eigenvalue weighted by Crippen LogP contribution is -2.39. The number of carboxylic acids is 1. The van der Waals surface area contributed by atoms with Crippen LogP contribution in [0.5, 0.6) is 0 Å². The van der Waals surface area contributed by atoms with Crippen molar-refractivity contribution in [2.24, 2.45) is 5.92 Å². The summed E-state index contributed by atoms with van der Waals surface area (Å²) >= 11 is 6.00. The van der Waals surface area contributed by atoms with E-state index < -0.39 is 5.97 Å². The summed E-state index contributed by atoms with van der Waals surface area (Å²) in [5.41, 5.74) is 2.01. The van der Waals surface area contributed by atoms with Gasteiger partial charge in [0.1, 0.15) is 0 Å². The molecule has 3 nitrogen and oxygen atoms in total. The van der Waals surface area contributed by atoms with E-state index in [1.165, 1.54) is 0 Å². The van der Waals surface area contributed by atoms with Crippen molar-refractivity contribution in [3.63, 3.8) is 0 Å². The van der Waals surface area contributed by atoms with E-state index in [9.17, 15) is 4.79 Å². The molecule has 0 amide bonds. The Morgan fingerprint density at radius 3 is 2.75 bits per heavy atom. The first-order valence-corrected chi connectivity index (χ1v) is 5.69. The Bertz CT molecular complexity index is 413. The van der Waals surface area contributed by atoms with Crippen LogP contribution in [0.3, 0.4) is 0 Å². The lowest BCUT2D eigenvalue weighted by Gasteiger charge is -2.33. The fourth-order valence-corrected chi connectivity index (χ4v) is 2.04. The summed E-state index contributed by atoms with van der Waals surface area (Å²) in [4.78, 5) is 10.6. The SMILES string of the molecule is Cc1ccc(NC2CC(C(=O)O)C2)cc1Cl. The summed E-state index contributed by atoms with van der Waals surface area (Å²) in [6, 6.07) is 6.07. The molecule has 1 saturated carbocycles. The monoisotopic (exact) mass is 239 g/mol. The third-order valence-electron chi connectivity index (χ3n) is 3.03. The van der Waals surface area contributed by atoms with Crippen molar-refractivity contribution in [1.29, 1.82) is 0 Å². The van der Waals surface area contributed by atoms with Crippen LogP contribution in [0.15, 0.2) is 18.2 Å². The Hall–Kier alpha value is -1.22. The number of nitrogens with one attached hydrogen (secondary N) is 1. The molecule has 0 saturated heterocycles. The van der Waals surface area contributed by atoms with Gasteiger partial charge < -0.3 is 10.4 Å². The zero-order chi connectivity index (χ0) is 11.7. The molecule has 0 aromatic heterocycles. The Balaban J connectivity index is 1.91. The molecule has 1 fully saturated rings. The van der Waals surface area contributed by atoms with E-state index in [4.69, 9.17) is 16.7 Å². The highest BCUT2D eigenvalue weighted by atomic mass is 35.5. The van der Waals surface area contributed by atoms with Gasteiger partial charge in [-0.05, 0) is 37.5 Å². The van der Waals surface area contributed by atoms with Gasteiger partial charge in [0.2, 0.25) is 0 Å². The van der Waals surface area contributed by atoms with Gasteiger partial charge in [-0.25, -0.2) is 0 Å². The Kier molecular flexibility index (Phi) is 3.06. The molecule has 0 atom stereocenters. The third-order valence-corrected chi connectivity index (χ3v) is 3.44. The van der Waals surface area contributed by atoms with Crippen molar-refractivity contribution in [1.82, 2.24) is 0 Å². The summed E-state index contributed by atoms with van der Waals surface area (Å²) in [6.07, 6.45) is 1.39. The summed E-state index contributed by atoms with van der Waals surface area (Å²) in [5, 5.41) is 12.8. The van der Waals surface area contributed by atoms with Crippen LogP contribution in [0, 0.1) is 12.8 Å². The average Bonchev–Trinajstić information content (AvgIpc) is 2.15. The van der Waals surface area contributed by atoms with Crippen LogP contribution in [-0.2, 0) is 4.79 Å². The minimum absolute atomic E-state index is 0.182. The molecule has 1 aliphatic rings. The molecule has 0 bridgehead atoms. The van der Waals surface area contributed by atoms with Crippen LogP contribution in [0.1, 0.15) is 18.4 Å². The predicted molar refractivity (Wildman–Crippen MR) is 64.0 cm³/mol. The number of hydrogen-bond donors (Lipinski definition) is 2. The normalized spacial score (nSPS) is 23.6. The molecule has 1 aliphatic carbocycles. The number of benzene rings is 1. The molecule has 0 heterocycles. The molecule has 16 heavy (non-hydrogen) atoms. The van der Waals surface area contributed by atoms with E-state index in [1.54, 1.807) is 0 Å². The zero-order valence-electron chi connectivity index (χ0n) is 9.03. The second-order valence-electron chi connectivity index (χ2n) is 4.31. The van der Waals surface area contributed by atoms with Crippen molar-refractivity contribution in [3.05, 3.63) is 28.8 Å². The van der Waals surface area contributed by atoms with Gasteiger partial charge in [-0.1, -0.05) is 17.7 Å². The van der Waals surface area contributed by atoms with E-state index in [2.05, 4.69) is 5.32 Å². The van der Waals surface area contributed by atoms with E-state index in [-0.39, 0.29) is 12.0 Å². The fraction of sp³-hybridized carbons (Fsp3) is 0.417. The van der Waals surface area contributed by atoms with Crippen molar-refractivity contribution >= 4 is 23.3 Å². The highest BCUT2D eigenvalue weighted by molar-refractivity contribution is 6.31. The van der Waals surface area contributed by atoms with Crippen LogP contribution in [0.4, 0.5) is 5.69 Å². The first-order chi connectivity index (χ1) is 7.56. The van der Waals surface area contributed by atoms with E-state index >= 15 is 0 Å². The summed E-state index contributed by atoms with van der Waals surface area (Å²) < 4.78 is 0. The largest absolute Gasteiger partial charge is 0.481 e. The topological polar surface area (TPSA) is 49.3 Å². The first kappa shape index (κ1) is 11.3. The van der Waals surface area contributed by atoms with Gasteiger partial charge in [-0.3, -0.25) is 4.79 Å². The van der Waals surface area contributed by atoms with Crippen molar-refractivity contribution in [2.45, 2.75) is 25.8 Å². The molecule has 86 valence electrons. The fourth-order valence-electron chi connectivity index (χ4n) is 1.86. The molecular weight excluding hydrogens is 226 g/mol. The van der Waals surface area contributed by atoms with Crippen molar-refractivity contribution in [3.8, 4) is 0 Å². The molecule has 1 aromatic carbocycles. The van der Waals surface area contributed by atoms with Crippen LogP contribution in [0.2, 0.25) is 5.02 Å². The molecule has 0 aliphatic heterocycles. The number of hydrogen-bond acceptors (Lipinski definition) is 2. The van der Waals surface area contributed by atoms with E-state index in [1.807, 2.05) is 25.1 Å². The van der Waals surface area contributed by atoms with Gasteiger partial charge in [0.15, 0.2) is 0 Å². The highest BCUT2D eigenvalue weighted by Crippen LogP contribution is 2.31. The number of carboxylic acid groups (broad SMARTS) is 1. The van der Waals surface area contributed by atoms with Gasteiger partial charge >= 0.3 is 5.97 Å². The van der Waals surface area contributed by atoms with Crippen molar-refractivity contribution < 1.29 is 9.90 Å². The maximum absolute atomic E-state index is 10.6. The molecule has 1 aromatic rings. The first-order valence-electron chi connectivity index (χ1n) is 5.32. The second-order valence-corrected chi connectivity index (χ2v) is 4.72. The van der Waals surface area contributed by atoms with Gasteiger partial charge in [0.25, 0.3) is 0 Å². The van der Waals surface area contributed by atoms with Crippen LogP contribution in [0.25, 0.3) is 0 Å². The Morgan fingerprint density at radius 1 is 1.50 bits per heavy atom. The molecular formula is C12H14ClNO2. The Morgan fingerprint density at radius 2 is 2.19 bits per heavy atom. The average molecular weight is 240 g/mol. The second kappa shape index (κ2) is 4.34. The maximum atomic E-state index is 10.6. The number of aliphatic carboxylic acids is 1. The number of rotatable bonds is 3. The zero-order valence-corrected chi connectivity index (χ0v) is 9.79. The molecule has 0 unspecified atom stereocenters. The number of aryl methyl sites for hydroxylation is 1. The van der Waals surface area contributed by atoms with Crippen LogP contribution >= 0.6 is 11.6 Å². The molecule has 2 rings (SSSR count). The van der Waals surface area contributed by atoms with Gasteiger partial charge in [-0.15, -0.1) is 0 Å². The van der Waals surface area contributed by atoms with Gasteiger partial charge in [0.05, 0.1) is 5.92 Å². The summed E-state index contributed by atoms with van der Waals surface area (Å²) in [5.74, 6) is -0.876. The number of anilines is 1. The smallest absolute Gasteiger partial charge is 0.306 e. The molecule has 0 radical (unpaired) electrons. The Labute approximate surface area is 99.4 Å². The minimum atomic E-state index is -0.694. The number of carbonyl (C=O) groups is 1. The predicted octanol–water partition coefficient (Wildman–Crippen LogP) is 2.92. The highest BCUT2D eigenvalue weighted by Gasteiger charge is 2.34. The maximum Gasteiger partial charge on any atom is 0.306 e. The minimum Gasteiger partial charge on any atom is -0.481 e. The lowest BCUT2D eigenvalue weighted by molar-refractivity contribution is -0.144. The molecule has 0 spiro atoms. The van der Waals surface area contributed by atoms with E-state index in [0.717, 1.165) is 16.3 Å². The molecule has 4 heteroatoms. The molecule has 2 N–H and O–H groups in total. The van der Waals surface area contributed by atoms with E-state index in [0.29, 0.717) is 12.8 Å².